The quantitative estimate of drug-likeness (QED) is 0.331. The van der Waals surface area contributed by atoms with Crippen molar-refractivity contribution in [2.45, 2.75) is 6.92 Å². The Labute approximate surface area is 85.6 Å². The topological polar surface area (TPSA) is 78.7 Å². The summed E-state index contributed by atoms with van der Waals surface area (Å²) < 4.78 is 9.08. The maximum Gasteiger partial charge on any atom is 0.514 e. The number of non-ortho nitro benzene ring substituents is 1. The number of nitro benzene ring substituents is 1. The van der Waals surface area contributed by atoms with Gasteiger partial charge in [0.25, 0.3) is 5.69 Å². The zero-order valence-corrected chi connectivity index (χ0v) is 7.88. The lowest BCUT2D eigenvalue weighted by Crippen LogP contribution is -2.07. The minimum absolute atomic E-state index is 0.0715. The second kappa shape index (κ2) is 4.94. The highest BCUT2D eigenvalue weighted by molar-refractivity contribution is 5.64. The third kappa shape index (κ3) is 3.26. The largest absolute Gasteiger partial charge is 0.514 e. The Morgan fingerprint density at radius 1 is 1.40 bits per heavy atom. The van der Waals surface area contributed by atoms with Gasteiger partial charge in [-0.3, -0.25) is 10.1 Å². The predicted octanol–water partition coefficient (Wildman–Crippen LogP) is 2.29. The van der Waals surface area contributed by atoms with Crippen molar-refractivity contribution in [2.75, 3.05) is 0 Å². The number of nitrogens with zero attached hydrogens (tertiary/aromatic N) is 1. The highest BCUT2D eigenvalue weighted by Crippen LogP contribution is 2.17. The Morgan fingerprint density at radius 2 is 2.00 bits per heavy atom. The number of hydrogen-bond acceptors (Lipinski definition) is 5. The minimum Gasteiger partial charge on any atom is -0.427 e. The van der Waals surface area contributed by atoms with Crippen LogP contribution in [0.4, 0.5) is 10.5 Å². The summed E-state index contributed by atoms with van der Waals surface area (Å²) in [5.41, 5.74) is -0.0715. The van der Waals surface area contributed by atoms with Gasteiger partial charge in [-0.2, -0.15) is 0 Å². The van der Waals surface area contributed by atoms with E-state index in [9.17, 15) is 14.9 Å². The highest BCUT2D eigenvalue weighted by atomic mass is 16.7. The molecule has 0 aromatic heterocycles. The van der Waals surface area contributed by atoms with Crippen molar-refractivity contribution < 1.29 is 19.2 Å². The summed E-state index contributed by atoms with van der Waals surface area (Å²) in [7, 11) is 0. The fourth-order valence-electron chi connectivity index (χ4n) is 0.852. The summed E-state index contributed by atoms with van der Waals surface area (Å²) in [5, 5.41) is 10.3. The number of hydrogen-bond donors (Lipinski definition) is 0. The molecule has 6 heteroatoms. The lowest BCUT2D eigenvalue weighted by Gasteiger charge is -2.02. The van der Waals surface area contributed by atoms with Crippen molar-refractivity contribution in [1.29, 1.82) is 0 Å². The molecule has 0 N–H and O–H groups in total. The Kier molecular flexibility index (Phi) is 3.61. The summed E-state index contributed by atoms with van der Waals surface area (Å²) in [4.78, 5) is 20.6. The summed E-state index contributed by atoms with van der Waals surface area (Å²) in [5.74, 6) is 0.187. The molecule has 79 valence electrons. The average Bonchev–Trinajstić information content (AvgIpc) is 2.18. The van der Waals surface area contributed by atoms with Gasteiger partial charge in [-0.25, -0.2) is 4.79 Å². The fraction of sp³-hybridized carbons (Fsp3) is 0.111. The maximum absolute atomic E-state index is 10.8. The van der Waals surface area contributed by atoms with Gasteiger partial charge in [0.1, 0.15) is 12.4 Å². The Hall–Kier alpha value is -2.11. The zero-order chi connectivity index (χ0) is 11.3. The molecule has 1 aromatic carbocycles. The van der Waals surface area contributed by atoms with Crippen molar-refractivity contribution in [2.24, 2.45) is 0 Å². The van der Waals surface area contributed by atoms with Crippen LogP contribution in [0.3, 0.4) is 0 Å². The molecule has 0 spiro atoms. The van der Waals surface area contributed by atoms with Gasteiger partial charge in [0, 0.05) is 12.1 Å². The average molecular weight is 210 g/mol. The number of ether oxygens (including phenoxy) is 2. The second-order valence-corrected chi connectivity index (χ2v) is 2.46. The predicted molar refractivity (Wildman–Crippen MR) is 50.2 cm³/mol. The molecule has 0 unspecified atom stereocenters. The van der Waals surface area contributed by atoms with Crippen LogP contribution in [-0.2, 0) is 4.74 Å². The Bertz CT molecular complexity index is 359. The van der Waals surface area contributed by atoms with Crippen LogP contribution in [0.1, 0.15) is 6.92 Å². The summed E-state index contributed by atoms with van der Waals surface area (Å²) in [6, 6.07) is 5.10. The lowest BCUT2D eigenvalue weighted by molar-refractivity contribution is -0.384. The highest BCUT2D eigenvalue weighted by Gasteiger charge is 2.08. The molecule has 0 bridgehead atoms. The molecule has 0 saturated carbocycles. The molecule has 0 aliphatic carbocycles. The molecule has 0 saturated heterocycles. The molecule has 15 heavy (non-hydrogen) atoms. The van der Waals surface area contributed by atoms with E-state index in [2.05, 4.69) is 9.47 Å². The van der Waals surface area contributed by atoms with E-state index in [1.54, 1.807) is 0 Å². The van der Waals surface area contributed by atoms with Crippen molar-refractivity contribution in [1.82, 2.24) is 0 Å². The SMILES string of the molecule is C[CH]OC(=O)Oc1ccc([N+](=O)[O-])cc1. The van der Waals surface area contributed by atoms with Gasteiger partial charge in [0.2, 0.25) is 0 Å². The number of rotatable bonds is 3. The van der Waals surface area contributed by atoms with Gasteiger partial charge in [0.15, 0.2) is 0 Å². The number of benzene rings is 1. The molecular weight excluding hydrogens is 202 g/mol. The van der Waals surface area contributed by atoms with E-state index >= 15 is 0 Å². The number of nitro groups is 1. The minimum atomic E-state index is -0.883. The van der Waals surface area contributed by atoms with Crippen LogP contribution in [0.2, 0.25) is 0 Å². The molecule has 0 aliphatic heterocycles. The van der Waals surface area contributed by atoms with E-state index < -0.39 is 11.1 Å². The normalized spacial score (nSPS) is 9.40. The molecule has 1 rings (SSSR count). The van der Waals surface area contributed by atoms with Crippen LogP contribution in [0.15, 0.2) is 24.3 Å². The van der Waals surface area contributed by atoms with Crippen LogP contribution in [0, 0.1) is 16.7 Å². The first-order valence-corrected chi connectivity index (χ1v) is 4.04. The fourth-order valence-corrected chi connectivity index (χ4v) is 0.852. The molecule has 0 aliphatic rings. The Balaban J connectivity index is 2.64. The molecule has 1 radical (unpaired) electrons. The summed E-state index contributed by atoms with van der Waals surface area (Å²) in [6.07, 6.45) is -0.883. The van der Waals surface area contributed by atoms with E-state index in [4.69, 9.17) is 0 Å². The van der Waals surface area contributed by atoms with Crippen molar-refractivity contribution in [3.05, 3.63) is 41.0 Å². The number of carbonyl (C=O) groups excluding carboxylic acids is 1. The lowest BCUT2D eigenvalue weighted by atomic mass is 10.3. The van der Waals surface area contributed by atoms with E-state index in [1.165, 1.54) is 37.8 Å². The van der Waals surface area contributed by atoms with Crippen molar-refractivity contribution in [3.8, 4) is 5.75 Å². The first-order chi connectivity index (χ1) is 7.13. The van der Waals surface area contributed by atoms with Crippen molar-refractivity contribution >= 4 is 11.8 Å². The van der Waals surface area contributed by atoms with Gasteiger partial charge < -0.3 is 9.47 Å². The molecule has 0 fully saturated rings. The van der Waals surface area contributed by atoms with Gasteiger partial charge in [-0.15, -0.1) is 0 Å². The smallest absolute Gasteiger partial charge is 0.427 e. The molecular formula is C9H8NO5. The molecule has 0 amide bonds. The van der Waals surface area contributed by atoms with Crippen molar-refractivity contribution in [3.63, 3.8) is 0 Å². The second-order valence-electron chi connectivity index (χ2n) is 2.46. The van der Waals surface area contributed by atoms with Crippen LogP contribution < -0.4 is 4.74 Å². The standard InChI is InChI=1S/C9H8NO5/c1-2-14-9(11)15-8-5-3-7(4-6-8)10(12)13/h2-6H,1H3. The summed E-state index contributed by atoms with van der Waals surface area (Å²) >= 11 is 0. The van der Waals surface area contributed by atoms with E-state index in [-0.39, 0.29) is 11.4 Å². The van der Waals surface area contributed by atoms with Gasteiger partial charge in [-0.1, -0.05) is 0 Å². The first kappa shape index (κ1) is 11.0. The summed E-state index contributed by atoms with van der Waals surface area (Å²) in [6.45, 7) is 2.70. The van der Waals surface area contributed by atoms with Crippen LogP contribution in [0.5, 0.6) is 5.75 Å². The zero-order valence-electron chi connectivity index (χ0n) is 7.88. The third-order valence-electron chi connectivity index (χ3n) is 1.46. The maximum atomic E-state index is 10.8. The van der Waals surface area contributed by atoms with E-state index in [0.29, 0.717) is 0 Å². The van der Waals surface area contributed by atoms with Crippen LogP contribution in [0.25, 0.3) is 0 Å². The van der Waals surface area contributed by atoms with E-state index in [1.807, 2.05) is 0 Å². The number of carbonyl (C=O) groups is 1. The first-order valence-electron chi connectivity index (χ1n) is 4.04. The van der Waals surface area contributed by atoms with E-state index in [0.717, 1.165) is 0 Å². The van der Waals surface area contributed by atoms with Crippen LogP contribution in [-0.4, -0.2) is 11.1 Å². The Morgan fingerprint density at radius 3 is 2.47 bits per heavy atom. The molecule has 6 nitrogen and oxygen atoms in total. The molecule has 1 aromatic rings. The van der Waals surface area contributed by atoms with Crippen LogP contribution >= 0.6 is 0 Å². The third-order valence-corrected chi connectivity index (χ3v) is 1.46. The van der Waals surface area contributed by atoms with Gasteiger partial charge in [0.05, 0.1) is 4.92 Å². The molecule has 0 heterocycles. The monoisotopic (exact) mass is 210 g/mol. The van der Waals surface area contributed by atoms with Gasteiger partial charge in [-0.05, 0) is 19.1 Å². The van der Waals surface area contributed by atoms with Gasteiger partial charge >= 0.3 is 6.16 Å². The molecule has 0 atom stereocenters.